The van der Waals surface area contributed by atoms with E-state index in [9.17, 15) is 9.59 Å². The number of rotatable bonds is 6. The number of carbonyl (C=O) groups excluding carboxylic acids is 2. The highest BCUT2D eigenvalue weighted by atomic mass is 16.5. The van der Waals surface area contributed by atoms with Crippen molar-refractivity contribution >= 4 is 17.5 Å². The molecule has 2 amide bonds. The molecule has 2 aliphatic rings. The van der Waals surface area contributed by atoms with Crippen LogP contribution in [0.25, 0.3) is 0 Å². The number of ether oxygens (including phenoxy) is 1. The Kier molecular flexibility index (Phi) is 6.98. The summed E-state index contributed by atoms with van der Waals surface area (Å²) in [6, 6.07) is 13.9. The number of aryl methyl sites for hydroxylation is 1. The molecule has 2 aliphatic heterocycles. The summed E-state index contributed by atoms with van der Waals surface area (Å²) in [4.78, 5) is 30.1. The predicted octanol–water partition coefficient (Wildman–Crippen LogP) is 3.57. The monoisotopic (exact) mass is 435 g/mol. The van der Waals surface area contributed by atoms with Gasteiger partial charge in [0.15, 0.2) is 0 Å². The van der Waals surface area contributed by atoms with E-state index in [1.807, 2.05) is 42.2 Å². The van der Waals surface area contributed by atoms with Crippen LogP contribution in [0.15, 0.2) is 42.5 Å². The number of benzene rings is 2. The van der Waals surface area contributed by atoms with Crippen LogP contribution in [-0.4, -0.2) is 56.0 Å². The molecule has 2 saturated heterocycles. The quantitative estimate of drug-likeness (QED) is 0.754. The van der Waals surface area contributed by atoms with Crippen molar-refractivity contribution < 1.29 is 14.3 Å². The minimum Gasteiger partial charge on any atom is -0.496 e. The Balaban J connectivity index is 1.34. The maximum Gasteiger partial charge on any atom is 0.253 e. The van der Waals surface area contributed by atoms with Crippen LogP contribution in [0.2, 0.25) is 0 Å². The van der Waals surface area contributed by atoms with Crippen LogP contribution in [0.3, 0.4) is 0 Å². The van der Waals surface area contributed by atoms with E-state index in [4.69, 9.17) is 4.74 Å². The number of nitrogens with zero attached hydrogens (tertiary/aromatic N) is 2. The maximum atomic E-state index is 13.1. The molecule has 2 fully saturated rings. The van der Waals surface area contributed by atoms with Crippen molar-refractivity contribution in [2.75, 3.05) is 38.2 Å². The third kappa shape index (κ3) is 5.06. The van der Waals surface area contributed by atoms with Gasteiger partial charge < -0.3 is 19.9 Å². The molecule has 2 heterocycles. The minimum atomic E-state index is -0.00519. The van der Waals surface area contributed by atoms with Crippen molar-refractivity contribution in [1.82, 2.24) is 10.2 Å². The summed E-state index contributed by atoms with van der Waals surface area (Å²) in [5, 5.41) is 3.23. The Bertz CT molecular complexity index is 961. The number of amides is 2. The molecule has 0 aromatic heterocycles. The molecule has 0 aliphatic carbocycles. The molecule has 0 unspecified atom stereocenters. The van der Waals surface area contributed by atoms with Gasteiger partial charge in [-0.1, -0.05) is 29.8 Å². The number of piperidine rings is 1. The van der Waals surface area contributed by atoms with Gasteiger partial charge in [-0.25, -0.2) is 0 Å². The second-order valence-electron chi connectivity index (χ2n) is 8.83. The fraction of sp³-hybridized carbons (Fsp3) is 0.462. The number of hydrogen-bond acceptors (Lipinski definition) is 4. The number of para-hydroxylation sites is 1. The van der Waals surface area contributed by atoms with Crippen molar-refractivity contribution in [3.8, 4) is 5.75 Å². The SMILES string of the molecule is COc1ccccc1CC(=O)N1CCC(NC(=O)c2cc(C)ccc2N2CCCC2)CC1. The molecule has 0 radical (unpaired) electrons. The largest absolute Gasteiger partial charge is 0.496 e. The zero-order valence-corrected chi connectivity index (χ0v) is 19.1. The number of nitrogens with one attached hydrogen (secondary N) is 1. The first-order valence-electron chi connectivity index (χ1n) is 11.6. The van der Waals surface area contributed by atoms with Crippen molar-refractivity contribution in [3.05, 3.63) is 59.2 Å². The van der Waals surface area contributed by atoms with E-state index in [2.05, 4.69) is 22.3 Å². The Hall–Kier alpha value is -3.02. The lowest BCUT2D eigenvalue weighted by molar-refractivity contribution is -0.131. The van der Waals surface area contributed by atoms with Gasteiger partial charge in [0.05, 0.1) is 19.1 Å². The minimum absolute atomic E-state index is 0.00519. The van der Waals surface area contributed by atoms with Crippen LogP contribution in [0, 0.1) is 6.92 Å². The molecule has 6 nitrogen and oxygen atoms in total. The van der Waals surface area contributed by atoms with Gasteiger partial charge in [-0.2, -0.15) is 0 Å². The molecule has 0 bridgehead atoms. The average Bonchev–Trinajstić information content (AvgIpc) is 3.34. The highest BCUT2D eigenvalue weighted by Gasteiger charge is 2.26. The molecular formula is C26H33N3O3. The molecule has 0 spiro atoms. The van der Waals surface area contributed by atoms with Gasteiger partial charge in [0.2, 0.25) is 5.91 Å². The molecule has 32 heavy (non-hydrogen) atoms. The molecule has 4 rings (SSSR count). The molecule has 0 saturated carbocycles. The molecule has 6 heteroatoms. The van der Waals surface area contributed by atoms with E-state index in [1.165, 1.54) is 12.8 Å². The van der Waals surface area contributed by atoms with Crippen LogP contribution in [0.5, 0.6) is 5.75 Å². The molecule has 0 atom stereocenters. The summed E-state index contributed by atoms with van der Waals surface area (Å²) in [5.74, 6) is 0.846. The number of anilines is 1. The molecule has 1 N–H and O–H groups in total. The number of methoxy groups -OCH3 is 1. The Labute approximate surface area is 190 Å². The first-order chi connectivity index (χ1) is 15.5. The normalized spacial score (nSPS) is 16.8. The van der Waals surface area contributed by atoms with Crippen LogP contribution >= 0.6 is 0 Å². The van der Waals surface area contributed by atoms with Crippen LogP contribution in [-0.2, 0) is 11.2 Å². The lowest BCUT2D eigenvalue weighted by Gasteiger charge is -2.33. The number of likely N-dealkylation sites (tertiary alicyclic amines) is 1. The smallest absolute Gasteiger partial charge is 0.253 e. The van der Waals surface area contributed by atoms with Crippen molar-refractivity contribution in [2.24, 2.45) is 0 Å². The second kappa shape index (κ2) is 10.1. The van der Waals surface area contributed by atoms with Gasteiger partial charge in [0.1, 0.15) is 5.75 Å². The Morgan fingerprint density at radius 2 is 1.75 bits per heavy atom. The van der Waals surface area contributed by atoms with Crippen molar-refractivity contribution in [3.63, 3.8) is 0 Å². The van der Waals surface area contributed by atoms with Crippen LogP contribution in [0.1, 0.15) is 47.2 Å². The first-order valence-corrected chi connectivity index (χ1v) is 11.6. The zero-order valence-electron chi connectivity index (χ0n) is 19.1. The molecule has 170 valence electrons. The summed E-state index contributed by atoms with van der Waals surface area (Å²) >= 11 is 0. The lowest BCUT2D eigenvalue weighted by atomic mass is 10.0. The second-order valence-corrected chi connectivity index (χ2v) is 8.83. The van der Waals surface area contributed by atoms with E-state index in [0.717, 1.165) is 54.1 Å². The molecular weight excluding hydrogens is 402 g/mol. The van der Waals surface area contributed by atoms with Crippen molar-refractivity contribution in [2.45, 2.75) is 45.1 Å². The number of carbonyl (C=O) groups is 2. The van der Waals surface area contributed by atoms with E-state index in [0.29, 0.717) is 19.5 Å². The highest BCUT2D eigenvalue weighted by Crippen LogP contribution is 2.26. The van der Waals surface area contributed by atoms with E-state index >= 15 is 0 Å². The number of hydrogen-bond donors (Lipinski definition) is 1. The summed E-state index contributed by atoms with van der Waals surface area (Å²) in [7, 11) is 1.63. The van der Waals surface area contributed by atoms with Gasteiger partial charge in [-0.3, -0.25) is 9.59 Å². The predicted molar refractivity (Wildman–Crippen MR) is 126 cm³/mol. The summed E-state index contributed by atoms with van der Waals surface area (Å²) in [5.41, 5.74) is 3.80. The van der Waals surface area contributed by atoms with Gasteiger partial charge in [-0.05, 0) is 50.8 Å². The van der Waals surface area contributed by atoms with Gasteiger partial charge in [0.25, 0.3) is 5.91 Å². The first kappa shape index (κ1) is 22.2. The third-order valence-corrected chi connectivity index (χ3v) is 6.56. The fourth-order valence-electron chi connectivity index (χ4n) is 4.73. The topological polar surface area (TPSA) is 61.9 Å². The summed E-state index contributed by atoms with van der Waals surface area (Å²) in [6.07, 6.45) is 4.23. The zero-order chi connectivity index (χ0) is 22.5. The lowest BCUT2D eigenvalue weighted by Crippen LogP contribution is -2.47. The fourth-order valence-corrected chi connectivity index (χ4v) is 4.73. The van der Waals surface area contributed by atoms with E-state index in [1.54, 1.807) is 7.11 Å². The van der Waals surface area contributed by atoms with Gasteiger partial charge in [0, 0.05) is 43.5 Å². The Morgan fingerprint density at radius 1 is 1.03 bits per heavy atom. The summed E-state index contributed by atoms with van der Waals surface area (Å²) < 4.78 is 5.37. The highest BCUT2D eigenvalue weighted by molar-refractivity contribution is 6.00. The maximum absolute atomic E-state index is 13.1. The average molecular weight is 436 g/mol. The van der Waals surface area contributed by atoms with Gasteiger partial charge >= 0.3 is 0 Å². The molecule has 2 aromatic carbocycles. The van der Waals surface area contributed by atoms with Gasteiger partial charge in [-0.15, -0.1) is 0 Å². The van der Waals surface area contributed by atoms with E-state index < -0.39 is 0 Å². The Morgan fingerprint density at radius 3 is 2.47 bits per heavy atom. The standard InChI is InChI=1S/C26H33N3O3/c1-19-9-10-23(28-13-5-6-14-28)22(17-19)26(31)27-21-11-15-29(16-12-21)25(30)18-20-7-3-4-8-24(20)32-2/h3-4,7-10,17,21H,5-6,11-16,18H2,1-2H3,(H,27,31). The van der Waals surface area contributed by atoms with E-state index in [-0.39, 0.29) is 17.9 Å². The molecule has 2 aromatic rings. The van der Waals surface area contributed by atoms with Crippen LogP contribution < -0.4 is 15.0 Å². The van der Waals surface area contributed by atoms with Crippen LogP contribution in [0.4, 0.5) is 5.69 Å². The van der Waals surface area contributed by atoms with Crippen molar-refractivity contribution in [1.29, 1.82) is 0 Å². The third-order valence-electron chi connectivity index (χ3n) is 6.56. The summed E-state index contributed by atoms with van der Waals surface area (Å²) in [6.45, 7) is 5.36.